The van der Waals surface area contributed by atoms with Gasteiger partial charge < -0.3 is 67.9 Å². The summed E-state index contributed by atoms with van der Waals surface area (Å²) < 4.78 is 0. The van der Waals surface area contributed by atoms with Crippen LogP contribution < -0.4 is 38.1 Å². The zero-order valence-corrected chi connectivity index (χ0v) is 42.3. The molecule has 7 atom stereocenters. The molecule has 5 rings (SSSR count). The Kier molecular flexibility index (Phi) is 21.9. The number of aromatic nitrogens is 2. The van der Waals surface area contributed by atoms with Crippen LogP contribution in [0.15, 0.2) is 61.1 Å². The van der Waals surface area contributed by atoms with E-state index >= 15 is 9.59 Å². The Labute approximate surface area is 430 Å². The van der Waals surface area contributed by atoms with E-state index in [2.05, 4.69) is 36.6 Å². The number of rotatable bonds is 27. The average Bonchev–Trinajstić information content (AvgIpc) is 3.90. The number of nitrogens with zero attached hydrogens (tertiary/aromatic N) is 4. The fourth-order valence-electron chi connectivity index (χ4n) is 9.11. The molecule has 0 spiro atoms. The molecule has 0 saturated carbocycles. The summed E-state index contributed by atoms with van der Waals surface area (Å²) in [4.78, 5) is 135. The Morgan fingerprint density at radius 3 is 1.62 bits per heavy atom. The van der Waals surface area contributed by atoms with Crippen LogP contribution in [0.25, 0.3) is 0 Å². The quantitative estimate of drug-likeness (QED) is 0.0464. The van der Waals surface area contributed by atoms with Crippen molar-refractivity contribution in [1.82, 2.24) is 51.3 Å². The molecule has 74 heavy (non-hydrogen) atoms. The highest BCUT2D eigenvalue weighted by atomic mass is 16.4. The van der Waals surface area contributed by atoms with Gasteiger partial charge in [-0.15, -0.1) is 0 Å². The Morgan fingerprint density at radius 1 is 0.649 bits per heavy atom. The molecule has 23 heteroatoms. The summed E-state index contributed by atoms with van der Waals surface area (Å²) in [5.74, 6) is -7.26. The van der Waals surface area contributed by atoms with E-state index in [1.54, 1.807) is 30.3 Å². The number of nitrogens with one attached hydrogen (secondary N) is 6. The van der Waals surface area contributed by atoms with E-state index in [-0.39, 0.29) is 58.2 Å². The van der Waals surface area contributed by atoms with Gasteiger partial charge in [-0.3, -0.25) is 33.6 Å². The Morgan fingerprint density at radius 2 is 1.14 bits per heavy atom. The molecule has 0 unspecified atom stereocenters. The van der Waals surface area contributed by atoms with Gasteiger partial charge in [0.15, 0.2) is 0 Å². The molecule has 0 aliphatic carbocycles. The lowest BCUT2D eigenvalue weighted by Crippen LogP contribution is -2.63. The molecule has 2 aliphatic heterocycles. The summed E-state index contributed by atoms with van der Waals surface area (Å²) in [6, 6.07) is 4.64. The number of carboxylic acid groups (broad SMARTS) is 2. The molecule has 23 nitrogen and oxygen atoms in total. The van der Waals surface area contributed by atoms with E-state index in [4.69, 9.17) is 11.5 Å². The van der Waals surface area contributed by atoms with Gasteiger partial charge in [-0.25, -0.2) is 14.6 Å². The van der Waals surface area contributed by atoms with Crippen molar-refractivity contribution in [2.24, 2.45) is 11.5 Å². The molecule has 0 saturated heterocycles. The molecular formula is C51H72N12O11. The number of H-pyrrole nitrogens is 1. The number of aromatic amines is 1. The van der Waals surface area contributed by atoms with Gasteiger partial charge in [0.2, 0.25) is 35.4 Å². The Balaban J connectivity index is 1.47. The van der Waals surface area contributed by atoms with Crippen molar-refractivity contribution in [2.45, 2.75) is 146 Å². The number of carboxylic acids is 2. The van der Waals surface area contributed by atoms with Crippen molar-refractivity contribution in [3.63, 3.8) is 0 Å². The number of hydrogen-bond acceptors (Lipinski definition) is 12. The lowest BCUT2D eigenvalue weighted by Gasteiger charge is -2.40. The van der Waals surface area contributed by atoms with Crippen molar-refractivity contribution in [3.05, 3.63) is 89.0 Å². The van der Waals surface area contributed by atoms with E-state index in [0.29, 0.717) is 56.3 Å². The van der Waals surface area contributed by atoms with E-state index in [1.165, 1.54) is 41.3 Å². The van der Waals surface area contributed by atoms with E-state index < -0.39 is 102 Å². The van der Waals surface area contributed by atoms with Gasteiger partial charge in [-0.2, -0.15) is 0 Å². The second kappa shape index (κ2) is 28.2. The third-order valence-electron chi connectivity index (χ3n) is 13.3. The van der Waals surface area contributed by atoms with Crippen molar-refractivity contribution in [1.29, 1.82) is 0 Å². The van der Waals surface area contributed by atoms with Crippen LogP contribution in [0, 0.1) is 0 Å². The van der Waals surface area contributed by atoms with Gasteiger partial charge in [0, 0.05) is 58.3 Å². The van der Waals surface area contributed by atoms with Gasteiger partial charge in [-0.1, -0.05) is 68.3 Å². The van der Waals surface area contributed by atoms with E-state index in [1.807, 2.05) is 25.1 Å². The van der Waals surface area contributed by atoms with Crippen molar-refractivity contribution in [2.75, 3.05) is 27.2 Å². The van der Waals surface area contributed by atoms with Crippen molar-refractivity contribution in [3.8, 4) is 0 Å². The number of imidazole rings is 1. The molecule has 2 aliphatic rings. The summed E-state index contributed by atoms with van der Waals surface area (Å²) in [5, 5.41) is 33.2. The first-order chi connectivity index (χ1) is 35.4. The maximum atomic E-state index is 15.2. The molecule has 3 heterocycles. The highest BCUT2D eigenvalue weighted by Gasteiger charge is 2.43. The first kappa shape index (κ1) is 57.5. The normalized spacial score (nSPS) is 16.9. The Hall–Kier alpha value is -7.40. The van der Waals surface area contributed by atoms with Crippen molar-refractivity contribution < 1.29 is 53.4 Å². The van der Waals surface area contributed by atoms with Crippen LogP contribution in [-0.2, 0) is 70.7 Å². The van der Waals surface area contributed by atoms with Crippen LogP contribution in [0.2, 0.25) is 0 Å². The molecule has 3 aromatic rings. The van der Waals surface area contributed by atoms with Gasteiger partial charge in [-0.05, 0) is 80.3 Å². The van der Waals surface area contributed by atoms with Gasteiger partial charge in [0.25, 0.3) is 0 Å². The number of nitrogens with two attached hydrogens (primary N) is 2. The summed E-state index contributed by atoms with van der Waals surface area (Å²) >= 11 is 0. The van der Waals surface area contributed by atoms with Crippen LogP contribution in [0.5, 0.6) is 0 Å². The molecule has 0 fully saturated rings. The fourth-order valence-corrected chi connectivity index (χ4v) is 9.11. The zero-order chi connectivity index (χ0) is 53.9. The summed E-state index contributed by atoms with van der Waals surface area (Å²) in [6.45, 7) is 2.38. The first-order valence-electron chi connectivity index (χ1n) is 25.2. The monoisotopic (exact) mass is 1030 g/mol. The molecule has 1 aromatic heterocycles. The minimum Gasteiger partial charge on any atom is -0.481 e. The number of urea groups is 1. The topological polar surface area (TPSA) is 345 Å². The Bertz CT molecular complexity index is 2440. The van der Waals surface area contributed by atoms with Gasteiger partial charge in [0.05, 0.1) is 12.7 Å². The van der Waals surface area contributed by atoms with Crippen LogP contribution >= 0.6 is 0 Å². The zero-order valence-electron chi connectivity index (χ0n) is 42.3. The lowest BCUT2D eigenvalue weighted by molar-refractivity contribution is -0.149. The molecule has 402 valence electrons. The summed E-state index contributed by atoms with van der Waals surface area (Å²) in [5.41, 5.74) is 14.9. The van der Waals surface area contributed by atoms with E-state index in [9.17, 15) is 43.8 Å². The van der Waals surface area contributed by atoms with Crippen molar-refractivity contribution >= 4 is 53.4 Å². The summed E-state index contributed by atoms with van der Waals surface area (Å²) in [7, 11) is 2.97. The highest BCUT2D eigenvalue weighted by molar-refractivity contribution is 5.98. The number of hydrogen-bond donors (Lipinski definition) is 10. The number of carbonyl (C=O) groups excluding carboxylic acids is 7. The number of fused-ring (bicyclic) bond motifs is 2. The van der Waals surface area contributed by atoms with Crippen LogP contribution in [0.4, 0.5) is 4.79 Å². The maximum absolute atomic E-state index is 15.2. The lowest BCUT2D eigenvalue weighted by atomic mass is 9.91. The fraction of sp³-hybridized carbons (Fsp3) is 0.529. The van der Waals surface area contributed by atoms with Crippen LogP contribution in [-0.4, -0.2) is 158 Å². The van der Waals surface area contributed by atoms with E-state index in [0.717, 1.165) is 16.7 Å². The predicted molar refractivity (Wildman–Crippen MR) is 270 cm³/mol. The predicted octanol–water partition coefficient (Wildman–Crippen LogP) is 0.446. The highest BCUT2D eigenvalue weighted by Crippen LogP contribution is 2.28. The molecule has 0 radical (unpaired) electrons. The third kappa shape index (κ3) is 16.0. The number of benzene rings is 2. The molecule has 8 amide bonds. The molecule has 12 N–H and O–H groups in total. The first-order valence-corrected chi connectivity index (χ1v) is 25.2. The van der Waals surface area contributed by atoms with Crippen LogP contribution in [0.1, 0.15) is 99.1 Å². The van der Waals surface area contributed by atoms with Gasteiger partial charge >= 0.3 is 18.0 Å². The largest absolute Gasteiger partial charge is 0.481 e. The smallest absolute Gasteiger partial charge is 0.326 e. The molecular weight excluding hydrogens is 957 g/mol. The standard InChI is InChI=1S/C51H72N12O11/c1-4-5-18-36(60-51(74)61(2)3)44(66)58-39(26-43(64)65)45(67)59-40(25-35-27-54-30-55-35)49(71)63-29-34-17-9-7-14-31(34)23-41(63)46(68)56-37(19-10-12-21-52)48(70)62-28-33-16-8-6-15-32(33)24-42(62)47(69)57-38(50(72)73)20-11-13-22-53/h6-9,14-17,27,30,36-42H,4-5,10-13,18-26,28-29,52-53H2,1-3H3,(H,54,55)(H,56,68)(H,57,69)(H,58,66)(H,59,67)(H,60,74)(H,64,65)(H,72,73)/t36-,37-,38-,39-,40-,41+,42-/m0/s1. The van der Waals surface area contributed by atoms with Gasteiger partial charge in [0.1, 0.15) is 42.3 Å². The summed E-state index contributed by atoms with van der Waals surface area (Å²) in [6.07, 6.45) is 5.22. The number of carbonyl (C=O) groups is 9. The number of unbranched alkanes of at least 4 members (excludes halogenated alkanes) is 3. The second-order valence-corrected chi connectivity index (χ2v) is 19.0. The number of aliphatic carboxylic acids is 2. The SMILES string of the molecule is CCCC[C@H](NC(=O)N(C)C)C(=O)N[C@@H](CC(=O)O)C(=O)N[C@@H](Cc1cnc[nH]1)C(=O)N1Cc2ccccc2C[C@@H]1C(=O)N[C@@H](CCCCN)C(=O)N1Cc2ccccc2C[C@H]1C(=O)N[C@@H](CCCCN)C(=O)O. The average molecular weight is 1030 g/mol. The third-order valence-corrected chi connectivity index (χ3v) is 13.3. The molecule has 2 aromatic carbocycles. The maximum Gasteiger partial charge on any atom is 0.326 e. The minimum absolute atomic E-state index is 0.0133. The molecule has 0 bridgehead atoms. The minimum atomic E-state index is -1.71. The number of amides is 8. The second-order valence-electron chi connectivity index (χ2n) is 19.0. The van der Waals surface area contributed by atoms with Crippen LogP contribution in [0.3, 0.4) is 0 Å².